The molecule has 3 rings (SSSR count). The first-order chi connectivity index (χ1) is 8.34. The fourth-order valence-corrected chi connectivity index (χ4v) is 4.06. The number of hydrogen-bond acceptors (Lipinski definition) is 3. The van der Waals surface area contributed by atoms with Crippen molar-refractivity contribution >= 4 is 11.3 Å². The molecule has 3 heterocycles. The van der Waals surface area contributed by atoms with Crippen molar-refractivity contribution in [2.24, 2.45) is 0 Å². The average molecular weight is 250 g/mol. The van der Waals surface area contributed by atoms with Gasteiger partial charge in [0.15, 0.2) is 0 Å². The Hall–Kier alpha value is -0.380. The highest BCUT2D eigenvalue weighted by atomic mass is 32.1. The first-order valence-electron chi connectivity index (χ1n) is 6.85. The van der Waals surface area contributed by atoms with Crippen molar-refractivity contribution in [3.05, 3.63) is 22.4 Å². The number of fused-ring (bicyclic) bond motifs is 1. The van der Waals surface area contributed by atoms with Crippen LogP contribution in [0.15, 0.2) is 16.8 Å². The van der Waals surface area contributed by atoms with Gasteiger partial charge in [0.05, 0.1) is 0 Å². The molecule has 0 radical (unpaired) electrons. The van der Waals surface area contributed by atoms with E-state index >= 15 is 0 Å². The Balaban J connectivity index is 1.70. The first kappa shape index (κ1) is 11.7. The summed E-state index contributed by atoms with van der Waals surface area (Å²) >= 11 is 1.82. The Bertz CT molecular complexity index is 349. The van der Waals surface area contributed by atoms with Gasteiger partial charge in [-0.05, 0) is 61.7 Å². The predicted octanol–water partition coefficient (Wildman–Crippen LogP) is 2.98. The minimum absolute atomic E-state index is 0.599. The SMILES string of the molecule is CC(c1ccsc1)N1CCCN2CCCC2C1. The summed E-state index contributed by atoms with van der Waals surface area (Å²) in [4.78, 5) is 5.40. The molecule has 1 aromatic rings. The van der Waals surface area contributed by atoms with Gasteiger partial charge in [-0.25, -0.2) is 0 Å². The fraction of sp³-hybridized carbons (Fsp3) is 0.714. The van der Waals surface area contributed by atoms with E-state index in [2.05, 4.69) is 33.6 Å². The van der Waals surface area contributed by atoms with Crippen molar-refractivity contribution in [2.75, 3.05) is 26.2 Å². The van der Waals surface area contributed by atoms with E-state index in [0.29, 0.717) is 6.04 Å². The topological polar surface area (TPSA) is 6.48 Å². The average Bonchev–Trinajstić information content (AvgIpc) is 2.96. The summed E-state index contributed by atoms with van der Waals surface area (Å²) in [5.74, 6) is 0. The van der Waals surface area contributed by atoms with Crippen molar-refractivity contribution in [2.45, 2.75) is 38.3 Å². The van der Waals surface area contributed by atoms with E-state index in [4.69, 9.17) is 0 Å². The monoisotopic (exact) mass is 250 g/mol. The molecule has 0 saturated carbocycles. The normalized spacial score (nSPS) is 28.9. The Labute approximate surface area is 108 Å². The predicted molar refractivity (Wildman–Crippen MR) is 73.5 cm³/mol. The molecule has 17 heavy (non-hydrogen) atoms. The summed E-state index contributed by atoms with van der Waals surface area (Å²) in [5.41, 5.74) is 1.50. The Morgan fingerprint density at radius 2 is 2.18 bits per heavy atom. The second-order valence-electron chi connectivity index (χ2n) is 5.41. The zero-order chi connectivity index (χ0) is 11.7. The standard InChI is InChI=1S/C14H22N2S/c1-12(13-5-9-17-11-13)16-8-3-7-15-6-2-4-14(15)10-16/h5,9,11-12,14H,2-4,6-8,10H2,1H3. The highest BCUT2D eigenvalue weighted by molar-refractivity contribution is 7.07. The molecular weight excluding hydrogens is 228 g/mol. The van der Waals surface area contributed by atoms with Crippen molar-refractivity contribution < 1.29 is 0 Å². The smallest absolute Gasteiger partial charge is 0.0328 e. The number of hydrogen-bond donors (Lipinski definition) is 0. The van der Waals surface area contributed by atoms with E-state index in [0.717, 1.165) is 6.04 Å². The van der Waals surface area contributed by atoms with Gasteiger partial charge in [0.2, 0.25) is 0 Å². The van der Waals surface area contributed by atoms with E-state index in [1.165, 1.54) is 51.0 Å². The van der Waals surface area contributed by atoms with Crippen LogP contribution in [0, 0.1) is 0 Å². The van der Waals surface area contributed by atoms with Crippen LogP contribution < -0.4 is 0 Å². The van der Waals surface area contributed by atoms with Crippen LogP contribution in [-0.4, -0.2) is 42.0 Å². The van der Waals surface area contributed by atoms with Gasteiger partial charge in [-0.3, -0.25) is 9.80 Å². The molecule has 0 aliphatic carbocycles. The lowest BCUT2D eigenvalue weighted by Gasteiger charge is -2.30. The maximum absolute atomic E-state index is 2.71. The van der Waals surface area contributed by atoms with E-state index in [-0.39, 0.29) is 0 Å². The third-order valence-electron chi connectivity index (χ3n) is 4.41. The second-order valence-corrected chi connectivity index (χ2v) is 6.19. The summed E-state index contributed by atoms with van der Waals surface area (Å²) in [6, 6.07) is 3.72. The highest BCUT2D eigenvalue weighted by Gasteiger charge is 2.30. The van der Waals surface area contributed by atoms with Crippen molar-refractivity contribution in [1.82, 2.24) is 9.80 Å². The van der Waals surface area contributed by atoms with Crippen LogP contribution >= 0.6 is 11.3 Å². The fourth-order valence-electron chi connectivity index (χ4n) is 3.31. The van der Waals surface area contributed by atoms with Crippen LogP contribution in [0.2, 0.25) is 0 Å². The molecule has 2 aliphatic rings. The molecule has 2 atom stereocenters. The number of rotatable bonds is 2. The molecule has 2 nitrogen and oxygen atoms in total. The summed E-state index contributed by atoms with van der Waals surface area (Å²) in [6.07, 6.45) is 4.16. The minimum Gasteiger partial charge on any atom is -0.299 e. The highest BCUT2D eigenvalue weighted by Crippen LogP contribution is 2.28. The molecule has 2 aliphatic heterocycles. The zero-order valence-electron chi connectivity index (χ0n) is 10.6. The molecule has 0 bridgehead atoms. The molecule has 2 saturated heterocycles. The Morgan fingerprint density at radius 3 is 3.00 bits per heavy atom. The molecule has 2 unspecified atom stereocenters. The van der Waals surface area contributed by atoms with Gasteiger partial charge in [0.1, 0.15) is 0 Å². The van der Waals surface area contributed by atoms with Crippen LogP contribution in [-0.2, 0) is 0 Å². The third-order valence-corrected chi connectivity index (χ3v) is 5.11. The maximum Gasteiger partial charge on any atom is 0.0328 e. The molecular formula is C14H22N2S. The van der Waals surface area contributed by atoms with Crippen LogP contribution in [0.3, 0.4) is 0 Å². The molecule has 2 fully saturated rings. The Kier molecular flexibility index (Phi) is 3.50. The maximum atomic E-state index is 2.71. The third kappa shape index (κ3) is 2.42. The second kappa shape index (κ2) is 5.09. The van der Waals surface area contributed by atoms with Crippen molar-refractivity contribution in [1.29, 1.82) is 0 Å². The minimum atomic E-state index is 0.599. The molecule has 0 spiro atoms. The lowest BCUT2D eigenvalue weighted by molar-refractivity contribution is 0.182. The molecule has 0 aromatic carbocycles. The quantitative estimate of drug-likeness (QED) is 0.796. The number of nitrogens with zero attached hydrogens (tertiary/aromatic N) is 2. The zero-order valence-corrected chi connectivity index (χ0v) is 11.5. The van der Waals surface area contributed by atoms with Gasteiger partial charge in [-0.15, -0.1) is 0 Å². The van der Waals surface area contributed by atoms with Gasteiger partial charge < -0.3 is 0 Å². The van der Waals surface area contributed by atoms with E-state index in [9.17, 15) is 0 Å². The summed E-state index contributed by atoms with van der Waals surface area (Å²) in [7, 11) is 0. The number of thiophene rings is 1. The van der Waals surface area contributed by atoms with Gasteiger partial charge >= 0.3 is 0 Å². The molecule has 94 valence electrons. The van der Waals surface area contributed by atoms with E-state index < -0.39 is 0 Å². The molecule has 0 amide bonds. The van der Waals surface area contributed by atoms with Gasteiger partial charge in [-0.2, -0.15) is 11.3 Å². The molecule has 0 N–H and O–H groups in total. The summed E-state index contributed by atoms with van der Waals surface area (Å²) in [5, 5.41) is 4.51. The summed E-state index contributed by atoms with van der Waals surface area (Å²) in [6.45, 7) is 7.57. The van der Waals surface area contributed by atoms with Crippen LogP contribution in [0.25, 0.3) is 0 Å². The van der Waals surface area contributed by atoms with E-state index in [1.54, 1.807) is 0 Å². The molecule has 1 aromatic heterocycles. The van der Waals surface area contributed by atoms with Gasteiger partial charge in [0, 0.05) is 25.2 Å². The Morgan fingerprint density at radius 1 is 1.29 bits per heavy atom. The van der Waals surface area contributed by atoms with Crippen LogP contribution in [0.4, 0.5) is 0 Å². The van der Waals surface area contributed by atoms with Gasteiger partial charge in [0.25, 0.3) is 0 Å². The van der Waals surface area contributed by atoms with E-state index in [1.807, 2.05) is 11.3 Å². The van der Waals surface area contributed by atoms with Crippen molar-refractivity contribution in [3.63, 3.8) is 0 Å². The largest absolute Gasteiger partial charge is 0.299 e. The summed E-state index contributed by atoms with van der Waals surface area (Å²) < 4.78 is 0. The van der Waals surface area contributed by atoms with Crippen LogP contribution in [0.5, 0.6) is 0 Å². The van der Waals surface area contributed by atoms with Crippen molar-refractivity contribution in [3.8, 4) is 0 Å². The lowest BCUT2D eigenvalue weighted by Crippen LogP contribution is -2.37. The molecule has 3 heteroatoms. The van der Waals surface area contributed by atoms with Gasteiger partial charge in [-0.1, -0.05) is 0 Å². The lowest BCUT2D eigenvalue weighted by atomic mass is 10.1. The first-order valence-corrected chi connectivity index (χ1v) is 7.79. The van der Waals surface area contributed by atoms with Crippen LogP contribution in [0.1, 0.15) is 37.8 Å².